The molecule has 40 heavy (non-hydrogen) atoms. The van der Waals surface area contributed by atoms with Crippen molar-refractivity contribution in [2.75, 3.05) is 15.5 Å². The molecule has 0 bridgehead atoms. The van der Waals surface area contributed by atoms with Gasteiger partial charge < -0.3 is 10.6 Å². The monoisotopic (exact) mass is 532 g/mol. The highest BCUT2D eigenvalue weighted by Gasteiger charge is 2.44. The van der Waals surface area contributed by atoms with Crippen molar-refractivity contribution in [2.24, 2.45) is 0 Å². The Morgan fingerprint density at radius 2 is 1.35 bits per heavy atom. The van der Waals surface area contributed by atoms with Gasteiger partial charge in [-0.05, 0) is 30.3 Å². The van der Waals surface area contributed by atoms with Gasteiger partial charge in [0.1, 0.15) is 5.92 Å². The minimum absolute atomic E-state index is 0.0468. The summed E-state index contributed by atoms with van der Waals surface area (Å²) in [4.78, 5) is 83.4. The molecule has 1 aliphatic heterocycles. The number of anilines is 3. The van der Waals surface area contributed by atoms with Crippen LogP contribution in [0.3, 0.4) is 0 Å². The van der Waals surface area contributed by atoms with Crippen LogP contribution in [0.5, 0.6) is 0 Å². The Kier molecular flexibility index (Phi) is 5.61. The summed E-state index contributed by atoms with van der Waals surface area (Å²) in [6, 6.07) is 17.4. The first-order chi connectivity index (χ1) is 19.2. The highest BCUT2D eigenvalue weighted by atomic mass is 16.2. The maximum atomic E-state index is 13.7. The summed E-state index contributed by atoms with van der Waals surface area (Å²) in [5.74, 6) is -4.46. The fourth-order valence-corrected chi connectivity index (χ4v) is 5.31. The number of ketones is 2. The molecule has 0 spiro atoms. The standard InChI is InChI=1S/C30H20N4O6/c1-14(35)31-20-11-5-8-17-24(20)28(38)26(27(17)37)22-13-23(16-7-3-4-10-19(16)33-22)34-29(39)18-9-6-12-21(32-15(2)36)25(18)30(34)40/h3-13,26H,1-2H3,(H,31,35)(H,32,36). The quantitative estimate of drug-likeness (QED) is 0.297. The second-order valence-electron chi connectivity index (χ2n) is 9.51. The van der Waals surface area contributed by atoms with Crippen LogP contribution in [0, 0.1) is 0 Å². The normalized spacial score (nSPS) is 15.8. The van der Waals surface area contributed by atoms with E-state index >= 15 is 0 Å². The Hall–Kier alpha value is -5.51. The van der Waals surface area contributed by atoms with Crippen molar-refractivity contribution < 1.29 is 28.8 Å². The van der Waals surface area contributed by atoms with Gasteiger partial charge in [-0.3, -0.25) is 33.8 Å². The topological polar surface area (TPSA) is 143 Å². The molecule has 0 radical (unpaired) electrons. The smallest absolute Gasteiger partial charge is 0.268 e. The molecule has 0 saturated carbocycles. The molecule has 1 unspecified atom stereocenters. The number of nitrogens with one attached hydrogen (secondary N) is 2. The summed E-state index contributed by atoms with van der Waals surface area (Å²) >= 11 is 0. The van der Waals surface area contributed by atoms with Gasteiger partial charge in [-0.25, -0.2) is 4.90 Å². The van der Waals surface area contributed by atoms with Crippen molar-refractivity contribution in [3.8, 4) is 0 Å². The molecule has 3 aromatic carbocycles. The fraction of sp³-hybridized carbons (Fsp3) is 0.100. The number of nitrogens with zero attached hydrogens (tertiary/aromatic N) is 2. The van der Waals surface area contributed by atoms with Gasteiger partial charge in [-0.15, -0.1) is 0 Å². The van der Waals surface area contributed by atoms with Crippen molar-refractivity contribution in [2.45, 2.75) is 19.8 Å². The number of Topliss-reactive ketones (excluding diaryl/α,β-unsaturated/α-hetero) is 2. The predicted molar refractivity (Wildman–Crippen MR) is 146 cm³/mol. The number of pyridine rings is 1. The summed E-state index contributed by atoms with van der Waals surface area (Å²) in [6.45, 7) is 2.60. The number of rotatable bonds is 4. The molecule has 1 aromatic heterocycles. The Morgan fingerprint density at radius 1 is 0.725 bits per heavy atom. The van der Waals surface area contributed by atoms with Crippen LogP contribution in [0.15, 0.2) is 66.7 Å². The molecule has 2 N–H and O–H groups in total. The first-order valence-corrected chi connectivity index (χ1v) is 12.4. The van der Waals surface area contributed by atoms with Crippen LogP contribution in [-0.2, 0) is 9.59 Å². The van der Waals surface area contributed by atoms with Gasteiger partial charge in [-0.1, -0.05) is 36.4 Å². The van der Waals surface area contributed by atoms with E-state index in [1.165, 1.54) is 38.1 Å². The molecule has 6 rings (SSSR count). The average molecular weight is 533 g/mol. The Morgan fingerprint density at radius 3 is 2.02 bits per heavy atom. The molecule has 10 heteroatoms. The van der Waals surface area contributed by atoms with E-state index in [4.69, 9.17) is 0 Å². The predicted octanol–water partition coefficient (Wildman–Crippen LogP) is 4.12. The van der Waals surface area contributed by atoms with Crippen molar-refractivity contribution >= 4 is 63.2 Å². The van der Waals surface area contributed by atoms with E-state index in [2.05, 4.69) is 15.6 Å². The van der Waals surface area contributed by atoms with Crippen LogP contribution < -0.4 is 15.5 Å². The lowest BCUT2D eigenvalue weighted by Gasteiger charge is -2.19. The average Bonchev–Trinajstić information content (AvgIpc) is 3.32. The maximum absolute atomic E-state index is 13.7. The van der Waals surface area contributed by atoms with E-state index in [0.717, 1.165) is 4.90 Å². The number of carbonyl (C=O) groups is 6. The number of benzene rings is 3. The van der Waals surface area contributed by atoms with Crippen molar-refractivity contribution in [1.82, 2.24) is 4.98 Å². The van der Waals surface area contributed by atoms with Gasteiger partial charge in [0.05, 0.1) is 45.0 Å². The molecule has 0 fully saturated rings. The zero-order valence-electron chi connectivity index (χ0n) is 21.3. The minimum atomic E-state index is -1.33. The van der Waals surface area contributed by atoms with E-state index in [9.17, 15) is 28.8 Å². The summed E-state index contributed by atoms with van der Waals surface area (Å²) in [5, 5.41) is 5.64. The van der Waals surface area contributed by atoms with Crippen LogP contribution in [0.4, 0.5) is 17.1 Å². The number of hydrogen-bond donors (Lipinski definition) is 2. The molecule has 2 heterocycles. The third-order valence-corrected chi connectivity index (χ3v) is 6.89. The lowest BCUT2D eigenvalue weighted by atomic mass is 9.97. The second kappa shape index (κ2) is 9.05. The zero-order chi connectivity index (χ0) is 28.3. The number of para-hydroxylation sites is 1. The van der Waals surface area contributed by atoms with E-state index in [1.54, 1.807) is 42.5 Å². The van der Waals surface area contributed by atoms with Crippen LogP contribution in [0.1, 0.15) is 66.9 Å². The van der Waals surface area contributed by atoms with E-state index in [1.807, 2.05) is 0 Å². The Balaban J connectivity index is 1.50. The number of aromatic nitrogens is 1. The van der Waals surface area contributed by atoms with E-state index in [-0.39, 0.29) is 45.0 Å². The molecule has 2 aliphatic rings. The van der Waals surface area contributed by atoms with Crippen molar-refractivity contribution in [1.29, 1.82) is 0 Å². The van der Waals surface area contributed by atoms with Gasteiger partial charge in [0.25, 0.3) is 11.8 Å². The van der Waals surface area contributed by atoms with Crippen LogP contribution in [-0.4, -0.2) is 40.2 Å². The first-order valence-electron chi connectivity index (χ1n) is 12.4. The lowest BCUT2D eigenvalue weighted by molar-refractivity contribution is -0.115. The van der Waals surface area contributed by atoms with Gasteiger partial charge in [0, 0.05) is 24.8 Å². The summed E-state index contributed by atoms with van der Waals surface area (Å²) in [5.41, 5.74) is 1.40. The van der Waals surface area contributed by atoms with Gasteiger partial charge in [-0.2, -0.15) is 0 Å². The molecule has 196 valence electrons. The van der Waals surface area contributed by atoms with Gasteiger partial charge in [0.15, 0.2) is 11.6 Å². The molecule has 1 aliphatic carbocycles. The molecule has 4 amide bonds. The number of imide groups is 1. The van der Waals surface area contributed by atoms with E-state index < -0.39 is 41.1 Å². The summed E-state index contributed by atoms with van der Waals surface area (Å²) in [7, 11) is 0. The molecule has 4 aromatic rings. The zero-order valence-corrected chi connectivity index (χ0v) is 21.3. The van der Waals surface area contributed by atoms with Gasteiger partial charge in [0.2, 0.25) is 11.8 Å². The molecular weight excluding hydrogens is 512 g/mol. The number of carbonyl (C=O) groups excluding carboxylic acids is 6. The largest absolute Gasteiger partial charge is 0.326 e. The third-order valence-electron chi connectivity index (χ3n) is 6.89. The van der Waals surface area contributed by atoms with Crippen molar-refractivity contribution in [3.63, 3.8) is 0 Å². The minimum Gasteiger partial charge on any atom is -0.326 e. The van der Waals surface area contributed by atoms with Gasteiger partial charge >= 0.3 is 0 Å². The molecular formula is C30H20N4O6. The first kappa shape index (κ1) is 24.8. The fourth-order valence-electron chi connectivity index (χ4n) is 5.31. The molecule has 10 nitrogen and oxygen atoms in total. The highest BCUT2D eigenvalue weighted by Crippen LogP contribution is 2.41. The van der Waals surface area contributed by atoms with E-state index in [0.29, 0.717) is 10.9 Å². The number of hydrogen-bond acceptors (Lipinski definition) is 7. The highest BCUT2D eigenvalue weighted by molar-refractivity contribution is 6.38. The summed E-state index contributed by atoms with van der Waals surface area (Å²) in [6.07, 6.45) is 0. The SMILES string of the molecule is CC(=O)Nc1cccc2c1C(=O)C(c1cc(N3C(=O)c4cccc(NC(C)=O)c4C3=O)c3ccccc3n1)C2=O. The molecule has 0 saturated heterocycles. The maximum Gasteiger partial charge on any atom is 0.268 e. The van der Waals surface area contributed by atoms with Crippen LogP contribution >= 0.6 is 0 Å². The second-order valence-corrected chi connectivity index (χ2v) is 9.51. The van der Waals surface area contributed by atoms with Crippen LogP contribution in [0.2, 0.25) is 0 Å². The van der Waals surface area contributed by atoms with Crippen molar-refractivity contribution in [3.05, 3.63) is 94.7 Å². The number of fused-ring (bicyclic) bond motifs is 3. The molecule has 1 atom stereocenters. The summed E-state index contributed by atoms with van der Waals surface area (Å²) < 4.78 is 0. The Labute approximate surface area is 227 Å². The van der Waals surface area contributed by atoms with Crippen LogP contribution in [0.25, 0.3) is 10.9 Å². The third kappa shape index (κ3) is 3.69. The number of amides is 4. The Bertz CT molecular complexity index is 1860. The lowest BCUT2D eigenvalue weighted by Crippen LogP contribution is -2.30.